The first-order valence-corrected chi connectivity index (χ1v) is 5.98. The van der Waals surface area contributed by atoms with Crippen molar-refractivity contribution in [1.29, 1.82) is 0 Å². The molecule has 4 heteroatoms. The highest BCUT2D eigenvalue weighted by Crippen LogP contribution is 2.22. The van der Waals surface area contributed by atoms with Gasteiger partial charge in [0.05, 0.1) is 0 Å². The van der Waals surface area contributed by atoms with Crippen LogP contribution in [-0.2, 0) is 6.61 Å². The Hall–Kier alpha value is -1.94. The van der Waals surface area contributed by atoms with E-state index in [9.17, 15) is 8.78 Å². The van der Waals surface area contributed by atoms with Crippen LogP contribution in [0.4, 0.5) is 8.78 Å². The topological polar surface area (TPSA) is 35.2 Å². The van der Waals surface area contributed by atoms with E-state index in [1.165, 1.54) is 24.3 Å². The Bertz CT molecular complexity index is 570. The molecule has 1 atom stereocenters. The number of hydrogen-bond donors (Lipinski definition) is 1. The first-order chi connectivity index (χ1) is 9.06. The summed E-state index contributed by atoms with van der Waals surface area (Å²) in [5.41, 5.74) is 7.02. The van der Waals surface area contributed by atoms with Gasteiger partial charge in [-0.15, -0.1) is 0 Å². The van der Waals surface area contributed by atoms with E-state index in [-0.39, 0.29) is 24.2 Å². The van der Waals surface area contributed by atoms with E-state index in [1.54, 1.807) is 25.1 Å². The third-order valence-electron chi connectivity index (χ3n) is 2.77. The van der Waals surface area contributed by atoms with Crippen molar-refractivity contribution in [1.82, 2.24) is 0 Å². The van der Waals surface area contributed by atoms with Crippen molar-refractivity contribution in [2.24, 2.45) is 5.73 Å². The van der Waals surface area contributed by atoms with E-state index in [4.69, 9.17) is 10.5 Å². The molecule has 0 aliphatic rings. The van der Waals surface area contributed by atoms with Crippen LogP contribution < -0.4 is 10.5 Å². The number of rotatable bonds is 4. The van der Waals surface area contributed by atoms with E-state index >= 15 is 0 Å². The molecule has 0 saturated carbocycles. The fourth-order valence-electron chi connectivity index (χ4n) is 1.71. The van der Waals surface area contributed by atoms with Gasteiger partial charge in [-0.05, 0) is 42.3 Å². The standard InChI is InChI=1S/C15H15F2NO/c1-10(18)12-5-6-15(14(17)8-12)19-9-11-3-2-4-13(16)7-11/h2-8,10H,9,18H2,1H3/t10-/m1/s1. The number of hydrogen-bond acceptors (Lipinski definition) is 2. The van der Waals surface area contributed by atoms with Crippen molar-refractivity contribution in [2.75, 3.05) is 0 Å². The molecule has 19 heavy (non-hydrogen) atoms. The zero-order chi connectivity index (χ0) is 13.8. The molecule has 0 amide bonds. The highest BCUT2D eigenvalue weighted by Gasteiger charge is 2.07. The minimum Gasteiger partial charge on any atom is -0.486 e. The predicted octanol–water partition coefficient (Wildman–Crippen LogP) is 3.56. The average Bonchev–Trinajstić information content (AvgIpc) is 2.37. The molecule has 0 bridgehead atoms. The zero-order valence-corrected chi connectivity index (χ0v) is 10.6. The van der Waals surface area contributed by atoms with Gasteiger partial charge in [0, 0.05) is 6.04 Å². The fourth-order valence-corrected chi connectivity index (χ4v) is 1.71. The second-order valence-electron chi connectivity index (χ2n) is 4.40. The van der Waals surface area contributed by atoms with Crippen LogP contribution in [-0.4, -0.2) is 0 Å². The molecule has 0 aliphatic heterocycles. The Morgan fingerprint density at radius 3 is 2.58 bits per heavy atom. The molecule has 0 aliphatic carbocycles. The molecule has 2 rings (SSSR count). The summed E-state index contributed by atoms with van der Waals surface area (Å²) >= 11 is 0. The third kappa shape index (κ3) is 3.51. The molecule has 2 N–H and O–H groups in total. The number of ether oxygens (including phenoxy) is 1. The maximum absolute atomic E-state index is 13.7. The van der Waals surface area contributed by atoms with Crippen LogP contribution in [0, 0.1) is 11.6 Å². The molecular formula is C15H15F2NO. The first kappa shape index (κ1) is 13.5. The van der Waals surface area contributed by atoms with Gasteiger partial charge < -0.3 is 10.5 Å². The molecule has 0 unspecified atom stereocenters. The summed E-state index contributed by atoms with van der Waals surface area (Å²) in [5.74, 6) is -0.672. The van der Waals surface area contributed by atoms with Gasteiger partial charge in [0.2, 0.25) is 0 Å². The summed E-state index contributed by atoms with van der Waals surface area (Å²) in [6.07, 6.45) is 0. The van der Waals surface area contributed by atoms with Crippen LogP contribution in [0.15, 0.2) is 42.5 Å². The summed E-state index contributed by atoms with van der Waals surface area (Å²) in [5, 5.41) is 0. The second-order valence-corrected chi connectivity index (χ2v) is 4.40. The average molecular weight is 263 g/mol. The second kappa shape index (κ2) is 5.80. The molecule has 0 radical (unpaired) electrons. The number of halogens is 2. The lowest BCUT2D eigenvalue weighted by Crippen LogP contribution is -2.06. The summed E-state index contributed by atoms with van der Waals surface area (Å²) in [6, 6.07) is 10.4. The highest BCUT2D eigenvalue weighted by molar-refractivity contribution is 5.31. The van der Waals surface area contributed by atoms with Crippen molar-refractivity contribution in [3.05, 3.63) is 65.2 Å². The van der Waals surface area contributed by atoms with E-state index < -0.39 is 5.82 Å². The molecule has 2 aromatic rings. The van der Waals surface area contributed by atoms with Crippen molar-refractivity contribution in [3.63, 3.8) is 0 Å². The van der Waals surface area contributed by atoms with Gasteiger partial charge in [-0.3, -0.25) is 0 Å². The number of benzene rings is 2. The molecule has 0 spiro atoms. The van der Waals surface area contributed by atoms with E-state index in [0.717, 1.165) is 0 Å². The van der Waals surface area contributed by atoms with E-state index in [0.29, 0.717) is 11.1 Å². The van der Waals surface area contributed by atoms with E-state index in [2.05, 4.69) is 0 Å². The minimum absolute atomic E-state index is 0.117. The van der Waals surface area contributed by atoms with Gasteiger partial charge in [-0.1, -0.05) is 18.2 Å². The summed E-state index contributed by atoms with van der Waals surface area (Å²) in [4.78, 5) is 0. The summed E-state index contributed by atoms with van der Waals surface area (Å²) < 4.78 is 32.0. The largest absolute Gasteiger partial charge is 0.486 e. The third-order valence-corrected chi connectivity index (χ3v) is 2.77. The van der Waals surface area contributed by atoms with Crippen molar-refractivity contribution in [2.45, 2.75) is 19.6 Å². The zero-order valence-electron chi connectivity index (χ0n) is 10.6. The Morgan fingerprint density at radius 2 is 1.95 bits per heavy atom. The fraction of sp³-hybridized carbons (Fsp3) is 0.200. The smallest absolute Gasteiger partial charge is 0.165 e. The van der Waals surface area contributed by atoms with Crippen molar-refractivity contribution < 1.29 is 13.5 Å². The molecule has 0 fully saturated rings. The molecule has 2 aromatic carbocycles. The molecule has 0 saturated heterocycles. The highest BCUT2D eigenvalue weighted by atomic mass is 19.1. The van der Waals surface area contributed by atoms with Gasteiger partial charge in [0.15, 0.2) is 11.6 Å². The van der Waals surface area contributed by atoms with Crippen LogP contribution in [0.1, 0.15) is 24.1 Å². The SMILES string of the molecule is C[C@@H](N)c1ccc(OCc2cccc(F)c2)c(F)c1. The van der Waals surface area contributed by atoms with Crippen LogP contribution in [0.25, 0.3) is 0 Å². The van der Waals surface area contributed by atoms with Gasteiger partial charge in [0.1, 0.15) is 12.4 Å². The summed E-state index contributed by atoms with van der Waals surface area (Å²) in [7, 11) is 0. The van der Waals surface area contributed by atoms with Gasteiger partial charge >= 0.3 is 0 Å². The monoisotopic (exact) mass is 263 g/mol. The molecular weight excluding hydrogens is 248 g/mol. The van der Waals surface area contributed by atoms with Crippen molar-refractivity contribution in [3.8, 4) is 5.75 Å². The Morgan fingerprint density at radius 1 is 1.16 bits per heavy atom. The predicted molar refractivity (Wildman–Crippen MR) is 69.7 cm³/mol. The lowest BCUT2D eigenvalue weighted by atomic mass is 10.1. The maximum atomic E-state index is 13.7. The lowest BCUT2D eigenvalue weighted by Gasteiger charge is -2.10. The Kier molecular flexibility index (Phi) is 4.12. The minimum atomic E-state index is -0.466. The van der Waals surface area contributed by atoms with Crippen LogP contribution >= 0.6 is 0 Å². The van der Waals surface area contributed by atoms with Gasteiger partial charge in [-0.2, -0.15) is 0 Å². The van der Waals surface area contributed by atoms with Crippen molar-refractivity contribution >= 4 is 0 Å². The number of nitrogens with two attached hydrogens (primary N) is 1. The normalized spacial score (nSPS) is 12.2. The molecule has 0 aromatic heterocycles. The van der Waals surface area contributed by atoms with Crippen LogP contribution in [0.2, 0.25) is 0 Å². The summed E-state index contributed by atoms with van der Waals surface area (Å²) in [6.45, 7) is 1.90. The quantitative estimate of drug-likeness (QED) is 0.915. The van der Waals surface area contributed by atoms with E-state index in [1.807, 2.05) is 0 Å². The Labute approximate surface area is 110 Å². The van der Waals surface area contributed by atoms with Gasteiger partial charge in [-0.25, -0.2) is 8.78 Å². The molecule has 0 heterocycles. The Balaban J connectivity index is 2.07. The maximum Gasteiger partial charge on any atom is 0.165 e. The van der Waals surface area contributed by atoms with Crippen LogP contribution in [0.5, 0.6) is 5.75 Å². The first-order valence-electron chi connectivity index (χ1n) is 5.98. The lowest BCUT2D eigenvalue weighted by molar-refractivity contribution is 0.289. The molecule has 2 nitrogen and oxygen atoms in total. The van der Waals surface area contributed by atoms with Crippen LogP contribution in [0.3, 0.4) is 0 Å². The molecule has 100 valence electrons. The van der Waals surface area contributed by atoms with Gasteiger partial charge in [0.25, 0.3) is 0 Å².